The highest BCUT2D eigenvalue weighted by atomic mass is 16.6. The van der Waals surface area contributed by atoms with Crippen LogP contribution in [0.1, 0.15) is 43.5 Å². The zero-order valence-electron chi connectivity index (χ0n) is 14.8. The van der Waals surface area contributed by atoms with Crippen molar-refractivity contribution in [1.82, 2.24) is 9.80 Å². The Kier molecular flexibility index (Phi) is 4.46. The number of hydrogen-bond acceptors (Lipinski definition) is 5. The molecule has 7 heteroatoms. The van der Waals surface area contributed by atoms with Crippen molar-refractivity contribution >= 4 is 12.0 Å². The molecule has 25 heavy (non-hydrogen) atoms. The highest BCUT2D eigenvalue weighted by molar-refractivity contribution is 5.91. The predicted molar refractivity (Wildman–Crippen MR) is 88.7 cm³/mol. The van der Waals surface area contributed by atoms with Crippen LogP contribution in [0, 0.1) is 23.2 Å². The Morgan fingerprint density at radius 1 is 1.16 bits per heavy atom. The predicted octanol–water partition coefficient (Wildman–Crippen LogP) is 2.48. The highest BCUT2D eigenvalue weighted by Crippen LogP contribution is 2.30. The number of ether oxygens (including phenoxy) is 1. The van der Waals surface area contributed by atoms with Crippen molar-refractivity contribution in [3.63, 3.8) is 0 Å². The Hall–Kier alpha value is -2.49. The van der Waals surface area contributed by atoms with Gasteiger partial charge in [0.1, 0.15) is 11.7 Å². The van der Waals surface area contributed by atoms with E-state index in [4.69, 9.17) is 14.4 Å². The van der Waals surface area contributed by atoms with E-state index >= 15 is 0 Å². The molecule has 3 rings (SSSR count). The van der Waals surface area contributed by atoms with E-state index < -0.39 is 5.60 Å². The second-order valence-electron chi connectivity index (χ2n) is 7.84. The van der Waals surface area contributed by atoms with Gasteiger partial charge in [-0.15, -0.1) is 0 Å². The van der Waals surface area contributed by atoms with Crippen LogP contribution in [0.5, 0.6) is 0 Å². The number of piperidine rings is 2. The molecule has 1 aromatic rings. The first-order valence-corrected chi connectivity index (χ1v) is 8.52. The number of carbonyl (C=O) groups is 2. The first-order valence-electron chi connectivity index (χ1n) is 8.52. The summed E-state index contributed by atoms with van der Waals surface area (Å²) >= 11 is 0. The largest absolute Gasteiger partial charge is 0.444 e. The molecule has 2 aliphatic heterocycles. The molecule has 134 valence electrons. The number of hydrogen-bond donors (Lipinski definition) is 0. The SMILES string of the molecule is CC(C)(C)OC(=O)N1C[C@H]2C[C@@H](C1)CN(C(=O)c1ccc(C#N)o1)C2. The summed E-state index contributed by atoms with van der Waals surface area (Å²) in [7, 11) is 0. The lowest BCUT2D eigenvalue weighted by molar-refractivity contribution is -0.00763. The molecule has 2 bridgehead atoms. The third-order valence-corrected chi connectivity index (χ3v) is 4.45. The van der Waals surface area contributed by atoms with Crippen molar-refractivity contribution in [2.45, 2.75) is 32.8 Å². The molecule has 0 unspecified atom stereocenters. The molecule has 0 radical (unpaired) electrons. The van der Waals surface area contributed by atoms with Gasteiger partial charge in [-0.25, -0.2) is 4.79 Å². The number of carbonyl (C=O) groups excluding carboxylic acids is 2. The Balaban J connectivity index is 1.63. The van der Waals surface area contributed by atoms with E-state index in [0.29, 0.717) is 26.2 Å². The Morgan fingerprint density at radius 2 is 1.76 bits per heavy atom. The van der Waals surface area contributed by atoms with Crippen LogP contribution in [0.15, 0.2) is 16.5 Å². The van der Waals surface area contributed by atoms with Crippen LogP contribution < -0.4 is 0 Å². The summed E-state index contributed by atoms with van der Waals surface area (Å²) in [6, 6.07) is 4.93. The molecule has 0 saturated carbocycles. The molecular weight excluding hydrogens is 322 g/mol. The smallest absolute Gasteiger partial charge is 0.410 e. The summed E-state index contributed by atoms with van der Waals surface area (Å²) in [5.74, 6) is 0.600. The second-order valence-corrected chi connectivity index (χ2v) is 7.84. The lowest BCUT2D eigenvalue weighted by Crippen LogP contribution is -2.55. The minimum absolute atomic E-state index is 0.136. The molecule has 7 nitrogen and oxygen atoms in total. The first-order chi connectivity index (χ1) is 11.7. The molecule has 0 spiro atoms. The average Bonchev–Trinajstić information content (AvgIpc) is 3.00. The fourth-order valence-electron chi connectivity index (χ4n) is 3.59. The Morgan fingerprint density at radius 3 is 2.28 bits per heavy atom. The number of nitriles is 1. The lowest BCUT2D eigenvalue weighted by Gasteiger charge is -2.45. The Labute approximate surface area is 147 Å². The van der Waals surface area contributed by atoms with Crippen molar-refractivity contribution in [1.29, 1.82) is 5.26 Å². The van der Waals surface area contributed by atoms with E-state index in [2.05, 4.69) is 0 Å². The summed E-state index contributed by atoms with van der Waals surface area (Å²) in [4.78, 5) is 28.4. The van der Waals surface area contributed by atoms with Crippen molar-refractivity contribution in [2.75, 3.05) is 26.2 Å². The van der Waals surface area contributed by atoms with Gasteiger partial charge in [0.2, 0.25) is 5.76 Å². The standard InChI is InChI=1S/C18H23N3O4/c1-18(2,3)25-17(23)21-10-12-6-13(11-21)9-20(8-12)16(22)15-5-4-14(7-19)24-15/h4-5,12-13H,6,8-11H2,1-3H3/t12-,13+. The zero-order chi connectivity index (χ0) is 18.2. The normalized spacial score (nSPS) is 23.1. The number of furan rings is 1. The van der Waals surface area contributed by atoms with Gasteiger partial charge in [-0.05, 0) is 51.2 Å². The molecule has 2 aliphatic rings. The van der Waals surface area contributed by atoms with Crippen LogP contribution in [0.25, 0.3) is 0 Å². The lowest BCUT2D eigenvalue weighted by atomic mass is 9.84. The van der Waals surface area contributed by atoms with Gasteiger partial charge in [-0.3, -0.25) is 4.79 Å². The van der Waals surface area contributed by atoms with Gasteiger partial charge in [-0.2, -0.15) is 5.26 Å². The van der Waals surface area contributed by atoms with Crippen LogP contribution >= 0.6 is 0 Å². The maximum atomic E-state index is 12.6. The maximum Gasteiger partial charge on any atom is 0.410 e. The number of fused-ring (bicyclic) bond motifs is 2. The van der Waals surface area contributed by atoms with Gasteiger partial charge < -0.3 is 19.0 Å². The molecule has 0 N–H and O–H groups in total. The summed E-state index contributed by atoms with van der Waals surface area (Å²) in [5.41, 5.74) is -0.511. The average molecular weight is 345 g/mol. The molecule has 3 heterocycles. The maximum absolute atomic E-state index is 12.6. The van der Waals surface area contributed by atoms with Crippen molar-refractivity contribution in [3.05, 3.63) is 23.7 Å². The van der Waals surface area contributed by atoms with Gasteiger partial charge >= 0.3 is 6.09 Å². The van der Waals surface area contributed by atoms with Crippen LogP contribution in [0.4, 0.5) is 4.79 Å². The van der Waals surface area contributed by atoms with Crippen molar-refractivity contribution < 1.29 is 18.7 Å². The molecule has 1 aromatic heterocycles. The minimum Gasteiger partial charge on any atom is -0.444 e. The number of amides is 2. The minimum atomic E-state index is -0.511. The van der Waals surface area contributed by atoms with Crippen molar-refractivity contribution in [3.8, 4) is 6.07 Å². The fourth-order valence-corrected chi connectivity index (χ4v) is 3.59. The van der Waals surface area contributed by atoms with E-state index in [9.17, 15) is 9.59 Å². The topological polar surface area (TPSA) is 86.8 Å². The van der Waals surface area contributed by atoms with E-state index in [-0.39, 0.29) is 35.4 Å². The van der Waals surface area contributed by atoms with Crippen LogP contribution in [0.2, 0.25) is 0 Å². The first kappa shape index (κ1) is 17.3. The number of nitrogens with zero attached hydrogens (tertiary/aromatic N) is 3. The van der Waals surface area contributed by atoms with E-state index in [1.165, 1.54) is 12.1 Å². The molecule has 2 saturated heterocycles. The number of likely N-dealkylation sites (tertiary alicyclic amines) is 2. The van der Waals surface area contributed by atoms with Crippen molar-refractivity contribution in [2.24, 2.45) is 11.8 Å². The molecule has 2 atom stereocenters. The van der Waals surface area contributed by atoms with Crippen LogP contribution in [-0.4, -0.2) is 53.6 Å². The Bertz CT molecular complexity index is 699. The zero-order valence-corrected chi connectivity index (χ0v) is 14.8. The molecule has 0 aromatic carbocycles. The van der Waals surface area contributed by atoms with Gasteiger partial charge in [-0.1, -0.05) is 0 Å². The van der Waals surface area contributed by atoms with Gasteiger partial charge in [0.25, 0.3) is 5.91 Å². The summed E-state index contributed by atoms with van der Waals surface area (Å²) in [6.45, 7) is 7.92. The van der Waals surface area contributed by atoms with E-state index in [0.717, 1.165) is 6.42 Å². The number of rotatable bonds is 1. The van der Waals surface area contributed by atoms with Crippen LogP contribution in [-0.2, 0) is 4.74 Å². The molecule has 2 fully saturated rings. The quantitative estimate of drug-likeness (QED) is 0.780. The fraction of sp³-hybridized carbons (Fsp3) is 0.611. The van der Waals surface area contributed by atoms with Gasteiger partial charge in [0.15, 0.2) is 5.76 Å². The summed E-state index contributed by atoms with van der Waals surface area (Å²) in [5, 5.41) is 8.82. The third-order valence-electron chi connectivity index (χ3n) is 4.45. The molecular formula is C18H23N3O4. The summed E-state index contributed by atoms with van der Waals surface area (Å²) in [6.07, 6.45) is 0.719. The molecule has 0 aliphatic carbocycles. The van der Waals surface area contributed by atoms with Crippen LogP contribution in [0.3, 0.4) is 0 Å². The second kappa shape index (κ2) is 6.43. The molecule has 2 amide bonds. The summed E-state index contributed by atoms with van der Waals surface area (Å²) < 4.78 is 10.7. The highest BCUT2D eigenvalue weighted by Gasteiger charge is 2.39. The third kappa shape index (κ3) is 3.95. The monoisotopic (exact) mass is 345 g/mol. The van der Waals surface area contributed by atoms with Gasteiger partial charge in [0, 0.05) is 26.2 Å². The van der Waals surface area contributed by atoms with E-state index in [1.54, 1.807) is 9.80 Å². The van der Waals surface area contributed by atoms with Gasteiger partial charge in [0.05, 0.1) is 0 Å². The van der Waals surface area contributed by atoms with E-state index in [1.807, 2.05) is 26.8 Å².